The van der Waals surface area contributed by atoms with Crippen molar-refractivity contribution in [1.82, 2.24) is 14.8 Å². The van der Waals surface area contributed by atoms with Gasteiger partial charge in [-0.15, -0.1) is 0 Å². The van der Waals surface area contributed by atoms with Crippen LogP contribution < -0.4 is 10.1 Å². The molecule has 0 spiro atoms. The van der Waals surface area contributed by atoms with Crippen LogP contribution >= 0.6 is 0 Å². The fraction of sp³-hybridized carbons (Fsp3) is 0.0500. The largest absolute Gasteiger partial charge is 0.484 e. The predicted molar refractivity (Wildman–Crippen MR) is 99.4 cm³/mol. The van der Waals surface area contributed by atoms with Crippen LogP contribution in [0, 0.1) is 0 Å². The molecule has 0 aliphatic heterocycles. The monoisotopic (exact) mass is 344 g/mol. The number of aromatic nitrogens is 3. The SMILES string of the molecule is O=C(COc1ccc2ccccc2c1)Nc1ccc(-n2cccn2)nc1. The third kappa shape index (κ3) is 3.54. The Kier molecular flexibility index (Phi) is 4.30. The smallest absolute Gasteiger partial charge is 0.262 e. The number of carbonyl (C=O) groups is 1. The molecule has 2 aromatic carbocycles. The highest BCUT2D eigenvalue weighted by atomic mass is 16.5. The molecule has 0 radical (unpaired) electrons. The van der Waals surface area contributed by atoms with Crippen LogP contribution in [0.15, 0.2) is 79.3 Å². The van der Waals surface area contributed by atoms with Crippen LogP contribution in [0.5, 0.6) is 5.75 Å². The maximum Gasteiger partial charge on any atom is 0.262 e. The van der Waals surface area contributed by atoms with Crippen molar-refractivity contribution in [2.75, 3.05) is 11.9 Å². The first-order valence-electron chi connectivity index (χ1n) is 8.15. The van der Waals surface area contributed by atoms with Gasteiger partial charge in [0.05, 0.1) is 11.9 Å². The summed E-state index contributed by atoms with van der Waals surface area (Å²) in [6.07, 6.45) is 5.07. The summed E-state index contributed by atoms with van der Waals surface area (Å²) in [4.78, 5) is 16.4. The van der Waals surface area contributed by atoms with E-state index in [0.717, 1.165) is 10.8 Å². The molecular formula is C20H16N4O2. The van der Waals surface area contributed by atoms with Crippen molar-refractivity contribution in [2.24, 2.45) is 0 Å². The number of fused-ring (bicyclic) bond motifs is 1. The Morgan fingerprint density at radius 1 is 1.04 bits per heavy atom. The van der Waals surface area contributed by atoms with Crippen molar-refractivity contribution in [2.45, 2.75) is 0 Å². The zero-order valence-electron chi connectivity index (χ0n) is 13.9. The fourth-order valence-corrected chi connectivity index (χ4v) is 2.60. The van der Waals surface area contributed by atoms with E-state index in [1.54, 1.807) is 35.4 Å². The van der Waals surface area contributed by atoms with Gasteiger partial charge in [0.15, 0.2) is 12.4 Å². The standard InChI is InChI=1S/C20H16N4O2/c25-20(14-26-18-8-6-15-4-1-2-5-16(15)12-18)23-17-7-9-19(21-13-17)24-11-3-10-22-24/h1-13H,14H2,(H,23,25). The number of anilines is 1. The first kappa shape index (κ1) is 15.8. The van der Waals surface area contributed by atoms with E-state index in [-0.39, 0.29) is 12.5 Å². The van der Waals surface area contributed by atoms with Crippen LogP contribution in [0.3, 0.4) is 0 Å². The van der Waals surface area contributed by atoms with Crippen molar-refractivity contribution in [3.63, 3.8) is 0 Å². The number of hydrogen-bond donors (Lipinski definition) is 1. The lowest BCUT2D eigenvalue weighted by molar-refractivity contribution is -0.118. The van der Waals surface area contributed by atoms with E-state index < -0.39 is 0 Å². The summed E-state index contributed by atoms with van der Waals surface area (Å²) in [5, 5.41) is 9.08. The van der Waals surface area contributed by atoms with Gasteiger partial charge >= 0.3 is 0 Å². The second-order valence-electron chi connectivity index (χ2n) is 5.70. The Hall–Kier alpha value is -3.67. The molecule has 1 amide bonds. The van der Waals surface area contributed by atoms with Gasteiger partial charge in [-0.2, -0.15) is 5.10 Å². The number of hydrogen-bond acceptors (Lipinski definition) is 4. The maximum absolute atomic E-state index is 12.1. The lowest BCUT2D eigenvalue weighted by Gasteiger charge is -2.09. The van der Waals surface area contributed by atoms with Gasteiger partial charge in [0.2, 0.25) is 0 Å². The number of benzene rings is 2. The summed E-state index contributed by atoms with van der Waals surface area (Å²) in [7, 11) is 0. The quantitative estimate of drug-likeness (QED) is 0.602. The van der Waals surface area contributed by atoms with E-state index in [4.69, 9.17) is 4.74 Å². The topological polar surface area (TPSA) is 69.0 Å². The second kappa shape index (κ2) is 7.06. The first-order chi connectivity index (χ1) is 12.8. The van der Waals surface area contributed by atoms with Crippen molar-refractivity contribution in [3.8, 4) is 11.6 Å². The average molecular weight is 344 g/mol. The number of carbonyl (C=O) groups excluding carboxylic acids is 1. The summed E-state index contributed by atoms with van der Waals surface area (Å²) in [6.45, 7) is -0.0702. The number of amides is 1. The summed E-state index contributed by atoms with van der Waals surface area (Å²) in [6, 6.07) is 19.1. The Bertz CT molecular complexity index is 1030. The molecule has 1 N–H and O–H groups in total. The van der Waals surface area contributed by atoms with Gasteiger partial charge in [-0.05, 0) is 41.1 Å². The second-order valence-corrected chi connectivity index (χ2v) is 5.70. The number of nitrogens with zero attached hydrogens (tertiary/aromatic N) is 3. The zero-order valence-corrected chi connectivity index (χ0v) is 13.9. The molecule has 0 bridgehead atoms. The molecule has 2 aromatic heterocycles. The van der Waals surface area contributed by atoms with Crippen molar-refractivity contribution in [1.29, 1.82) is 0 Å². The lowest BCUT2D eigenvalue weighted by Crippen LogP contribution is -2.20. The van der Waals surface area contributed by atoms with Gasteiger partial charge in [-0.3, -0.25) is 4.79 Å². The van der Waals surface area contributed by atoms with Crippen LogP contribution in [0.4, 0.5) is 5.69 Å². The summed E-state index contributed by atoms with van der Waals surface area (Å²) < 4.78 is 7.23. The molecule has 0 atom stereocenters. The Balaban J connectivity index is 1.36. The molecule has 2 heterocycles. The molecule has 128 valence electrons. The molecular weight excluding hydrogens is 328 g/mol. The zero-order chi connectivity index (χ0) is 17.8. The molecule has 26 heavy (non-hydrogen) atoms. The van der Waals surface area contributed by atoms with E-state index in [1.165, 1.54) is 0 Å². The molecule has 0 fully saturated rings. The predicted octanol–water partition coefficient (Wildman–Crippen LogP) is 3.44. The molecule has 6 heteroatoms. The summed E-state index contributed by atoms with van der Waals surface area (Å²) >= 11 is 0. The van der Waals surface area contributed by atoms with Gasteiger partial charge in [-0.1, -0.05) is 30.3 Å². The van der Waals surface area contributed by atoms with Crippen molar-refractivity contribution >= 4 is 22.4 Å². The van der Waals surface area contributed by atoms with Gasteiger partial charge in [0, 0.05) is 12.4 Å². The highest BCUT2D eigenvalue weighted by molar-refractivity contribution is 5.92. The Labute approximate surface area is 150 Å². The minimum Gasteiger partial charge on any atom is -0.484 e. The molecule has 0 saturated heterocycles. The fourth-order valence-electron chi connectivity index (χ4n) is 2.60. The molecule has 0 unspecified atom stereocenters. The third-order valence-electron chi connectivity index (χ3n) is 3.86. The number of rotatable bonds is 5. The number of nitrogens with one attached hydrogen (secondary N) is 1. The van der Waals surface area contributed by atoms with Crippen molar-refractivity contribution < 1.29 is 9.53 Å². The van der Waals surface area contributed by atoms with Gasteiger partial charge in [-0.25, -0.2) is 9.67 Å². The van der Waals surface area contributed by atoms with Gasteiger partial charge in [0.25, 0.3) is 5.91 Å². The van der Waals surface area contributed by atoms with Crippen LogP contribution in [-0.2, 0) is 4.79 Å². The molecule has 0 aliphatic rings. The normalized spacial score (nSPS) is 10.6. The van der Waals surface area contributed by atoms with E-state index in [2.05, 4.69) is 15.4 Å². The Morgan fingerprint density at radius 2 is 1.92 bits per heavy atom. The molecule has 4 rings (SSSR count). The van der Waals surface area contributed by atoms with E-state index >= 15 is 0 Å². The molecule has 0 saturated carbocycles. The van der Waals surface area contributed by atoms with Crippen LogP contribution in [0.1, 0.15) is 0 Å². The highest BCUT2D eigenvalue weighted by Crippen LogP contribution is 2.20. The van der Waals surface area contributed by atoms with Gasteiger partial charge in [0.1, 0.15) is 5.75 Å². The summed E-state index contributed by atoms with van der Waals surface area (Å²) in [5.74, 6) is 1.10. The van der Waals surface area contributed by atoms with Crippen molar-refractivity contribution in [3.05, 3.63) is 79.3 Å². The lowest BCUT2D eigenvalue weighted by atomic mass is 10.1. The van der Waals surface area contributed by atoms with Crippen LogP contribution in [0.25, 0.3) is 16.6 Å². The number of ether oxygens (including phenoxy) is 1. The van der Waals surface area contributed by atoms with Crippen LogP contribution in [0.2, 0.25) is 0 Å². The maximum atomic E-state index is 12.1. The van der Waals surface area contributed by atoms with E-state index in [9.17, 15) is 4.79 Å². The van der Waals surface area contributed by atoms with Gasteiger partial charge < -0.3 is 10.1 Å². The minimum atomic E-state index is -0.244. The summed E-state index contributed by atoms with van der Waals surface area (Å²) in [5.41, 5.74) is 0.605. The Morgan fingerprint density at radius 3 is 2.69 bits per heavy atom. The first-order valence-corrected chi connectivity index (χ1v) is 8.15. The molecule has 4 aromatic rings. The van der Waals surface area contributed by atoms with Crippen LogP contribution in [-0.4, -0.2) is 27.3 Å². The minimum absolute atomic E-state index is 0.0702. The number of pyridine rings is 1. The third-order valence-corrected chi connectivity index (χ3v) is 3.86. The van der Waals surface area contributed by atoms with E-state index in [1.807, 2.05) is 48.5 Å². The molecule has 0 aliphatic carbocycles. The average Bonchev–Trinajstić information content (AvgIpc) is 3.22. The molecule has 6 nitrogen and oxygen atoms in total. The van der Waals surface area contributed by atoms with E-state index in [0.29, 0.717) is 17.3 Å². The highest BCUT2D eigenvalue weighted by Gasteiger charge is 2.06.